The largest absolute Gasteiger partial charge is 0.463 e. The van der Waals surface area contributed by atoms with Crippen LogP contribution in [0.25, 0.3) is 0 Å². The molecule has 6 heteroatoms. The SMILES string of the molecule is CC(C)[C@H]1SC(=NN=Cc2ccco2)NC1=O. The Morgan fingerprint density at radius 3 is 3.00 bits per heavy atom. The summed E-state index contributed by atoms with van der Waals surface area (Å²) in [5, 5.41) is 11.0. The zero-order chi connectivity index (χ0) is 12.3. The first-order valence-electron chi connectivity index (χ1n) is 5.29. The molecule has 0 radical (unpaired) electrons. The average Bonchev–Trinajstić information content (AvgIpc) is 2.88. The minimum absolute atomic E-state index is 0.00283. The van der Waals surface area contributed by atoms with E-state index in [1.165, 1.54) is 18.0 Å². The van der Waals surface area contributed by atoms with Crippen molar-refractivity contribution in [2.75, 3.05) is 0 Å². The lowest BCUT2D eigenvalue weighted by Crippen LogP contribution is -2.27. The van der Waals surface area contributed by atoms with Crippen LogP contribution in [-0.2, 0) is 4.79 Å². The van der Waals surface area contributed by atoms with Gasteiger partial charge in [0.2, 0.25) is 5.91 Å². The Morgan fingerprint density at radius 2 is 2.41 bits per heavy atom. The van der Waals surface area contributed by atoms with E-state index < -0.39 is 0 Å². The quantitative estimate of drug-likeness (QED) is 0.658. The maximum atomic E-state index is 11.5. The predicted molar refractivity (Wildman–Crippen MR) is 68.1 cm³/mol. The van der Waals surface area contributed by atoms with Crippen molar-refractivity contribution in [3.05, 3.63) is 24.2 Å². The van der Waals surface area contributed by atoms with Crippen LogP contribution in [0.2, 0.25) is 0 Å². The van der Waals surface area contributed by atoms with Gasteiger partial charge in [0.1, 0.15) is 5.76 Å². The van der Waals surface area contributed by atoms with E-state index in [0.717, 1.165) is 0 Å². The van der Waals surface area contributed by atoms with Crippen molar-refractivity contribution in [3.63, 3.8) is 0 Å². The summed E-state index contributed by atoms with van der Waals surface area (Å²) in [5.41, 5.74) is 0. The van der Waals surface area contributed by atoms with Gasteiger partial charge in [-0.25, -0.2) is 0 Å². The highest BCUT2D eigenvalue weighted by molar-refractivity contribution is 8.15. The Morgan fingerprint density at radius 1 is 1.59 bits per heavy atom. The standard InChI is InChI=1S/C11H13N3O2S/c1-7(2)9-10(15)13-11(17-9)14-12-6-8-4-3-5-16-8/h3-7,9H,1-2H3,(H,13,14,15)/t9-/m1/s1. The number of hydrogen-bond acceptors (Lipinski definition) is 5. The third-order valence-electron chi connectivity index (χ3n) is 2.21. The van der Waals surface area contributed by atoms with Crippen LogP contribution < -0.4 is 5.32 Å². The molecule has 1 N–H and O–H groups in total. The minimum Gasteiger partial charge on any atom is -0.463 e. The highest BCUT2D eigenvalue weighted by atomic mass is 32.2. The van der Waals surface area contributed by atoms with E-state index in [-0.39, 0.29) is 17.1 Å². The Hall–Kier alpha value is -1.56. The van der Waals surface area contributed by atoms with E-state index in [4.69, 9.17) is 4.42 Å². The molecule has 90 valence electrons. The zero-order valence-electron chi connectivity index (χ0n) is 9.58. The summed E-state index contributed by atoms with van der Waals surface area (Å²) in [6, 6.07) is 3.55. The van der Waals surface area contributed by atoms with E-state index in [2.05, 4.69) is 15.5 Å². The molecule has 1 aromatic heterocycles. The van der Waals surface area contributed by atoms with E-state index >= 15 is 0 Å². The molecule has 2 heterocycles. The van der Waals surface area contributed by atoms with Crippen molar-refractivity contribution >= 4 is 29.1 Å². The first-order valence-corrected chi connectivity index (χ1v) is 6.17. The van der Waals surface area contributed by atoms with Crippen molar-refractivity contribution in [1.29, 1.82) is 0 Å². The topological polar surface area (TPSA) is 67.0 Å². The smallest absolute Gasteiger partial charge is 0.239 e. The fraction of sp³-hybridized carbons (Fsp3) is 0.364. The van der Waals surface area contributed by atoms with Crippen molar-refractivity contribution in [3.8, 4) is 0 Å². The number of amidine groups is 1. The lowest BCUT2D eigenvalue weighted by atomic mass is 10.1. The molecular formula is C11H13N3O2S. The molecule has 1 saturated heterocycles. The number of rotatable bonds is 3. The third kappa shape index (κ3) is 2.97. The van der Waals surface area contributed by atoms with E-state index in [1.807, 2.05) is 13.8 Å². The van der Waals surface area contributed by atoms with Crippen LogP contribution in [-0.4, -0.2) is 22.5 Å². The molecule has 2 rings (SSSR count). The van der Waals surface area contributed by atoms with Gasteiger partial charge in [0, 0.05) is 0 Å². The molecule has 1 aliphatic rings. The number of nitrogens with one attached hydrogen (secondary N) is 1. The van der Waals surface area contributed by atoms with E-state index in [9.17, 15) is 4.79 Å². The number of furan rings is 1. The zero-order valence-corrected chi connectivity index (χ0v) is 10.4. The van der Waals surface area contributed by atoms with Crippen molar-refractivity contribution in [2.24, 2.45) is 16.1 Å². The van der Waals surface area contributed by atoms with Crippen molar-refractivity contribution < 1.29 is 9.21 Å². The molecule has 1 fully saturated rings. The van der Waals surface area contributed by atoms with Gasteiger partial charge >= 0.3 is 0 Å². The molecule has 0 unspecified atom stereocenters. The molecular weight excluding hydrogens is 238 g/mol. The second kappa shape index (κ2) is 5.18. The van der Waals surface area contributed by atoms with Gasteiger partial charge in [-0.2, -0.15) is 5.10 Å². The molecule has 0 aromatic carbocycles. The summed E-state index contributed by atoms with van der Waals surface area (Å²) in [7, 11) is 0. The Kier molecular flexibility index (Phi) is 3.63. The number of nitrogens with zero attached hydrogens (tertiary/aromatic N) is 2. The first kappa shape index (κ1) is 11.9. The average molecular weight is 251 g/mol. The number of thioether (sulfide) groups is 1. The summed E-state index contributed by atoms with van der Waals surface area (Å²) in [6.07, 6.45) is 3.07. The highest BCUT2D eigenvalue weighted by Crippen LogP contribution is 2.25. The van der Waals surface area contributed by atoms with Gasteiger partial charge < -0.3 is 9.73 Å². The summed E-state index contributed by atoms with van der Waals surface area (Å²) in [6.45, 7) is 4.01. The van der Waals surface area contributed by atoms with Gasteiger partial charge in [-0.3, -0.25) is 4.79 Å². The first-order chi connectivity index (χ1) is 8.16. The fourth-order valence-corrected chi connectivity index (χ4v) is 2.30. The fourth-order valence-electron chi connectivity index (χ4n) is 1.37. The van der Waals surface area contributed by atoms with Crippen LogP contribution in [0.4, 0.5) is 0 Å². The molecule has 1 aromatic rings. The molecule has 0 bridgehead atoms. The third-order valence-corrected chi connectivity index (χ3v) is 3.63. The molecule has 0 spiro atoms. The molecule has 17 heavy (non-hydrogen) atoms. The summed E-state index contributed by atoms with van der Waals surface area (Å²) >= 11 is 1.41. The minimum atomic E-state index is -0.0763. The number of carbonyl (C=O) groups excluding carboxylic acids is 1. The van der Waals surface area contributed by atoms with Gasteiger partial charge in [0.25, 0.3) is 0 Å². The molecule has 0 aliphatic carbocycles. The summed E-state index contributed by atoms with van der Waals surface area (Å²) in [5.74, 6) is 0.905. The van der Waals surface area contributed by atoms with Gasteiger partial charge in [0.15, 0.2) is 5.17 Å². The lowest BCUT2D eigenvalue weighted by Gasteiger charge is -2.07. The number of hydrogen-bond donors (Lipinski definition) is 1. The lowest BCUT2D eigenvalue weighted by molar-refractivity contribution is -0.119. The number of carbonyl (C=O) groups is 1. The van der Waals surface area contributed by atoms with Crippen LogP contribution in [0, 0.1) is 5.92 Å². The Bertz CT molecular complexity index is 451. The Balaban J connectivity index is 1.98. The maximum Gasteiger partial charge on any atom is 0.239 e. The predicted octanol–water partition coefficient (Wildman–Crippen LogP) is 1.86. The normalized spacial score (nSPS) is 22.9. The van der Waals surface area contributed by atoms with E-state index in [1.54, 1.807) is 18.4 Å². The molecule has 1 amide bonds. The molecule has 1 aliphatic heterocycles. The second-order valence-corrected chi connectivity index (χ2v) is 5.07. The Labute approximate surface area is 103 Å². The summed E-state index contributed by atoms with van der Waals surface area (Å²) < 4.78 is 5.07. The van der Waals surface area contributed by atoms with Crippen molar-refractivity contribution in [2.45, 2.75) is 19.1 Å². The molecule has 1 atom stereocenters. The van der Waals surface area contributed by atoms with E-state index in [0.29, 0.717) is 10.9 Å². The van der Waals surface area contributed by atoms with Crippen molar-refractivity contribution in [1.82, 2.24) is 5.32 Å². The highest BCUT2D eigenvalue weighted by Gasteiger charge is 2.32. The second-order valence-electron chi connectivity index (χ2n) is 3.94. The summed E-state index contributed by atoms with van der Waals surface area (Å²) in [4.78, 5) is 11.5. The maximum absolute atomic E-state index is 11.5. The molecule has 5 nitrogen and oxygen atoms in total. The van der Waals surface area contributed by atoms with Crippen LogP contribution in [0.15, 0.2) is 33.0 Å². The van der Waals surface area contributed by atoms with Gasteiger partial charge in [0.05, 0.1) is 17.7 Å². The van der Waals surface area contributed by atoms with Crippen LogP contribution in [0.1, 0.15) is 19.6 Å². The van der Waals surface area contributed by atoms with Gasteiger partial charge in [-0.1, -0.05) is 25.6 Å². The van der Waals surface area contributed by atoms with Gasteiger partial charge in [-0.15, -0.1) is 5.10 Å². The van der Waals surface area contributed by atoms with Crippen LogP contribution in [0.5, 0.6) is 0 Å². The van der Waals surface area contributed by atoms with Crippen LogP contribution >= 0.6 is 11.8 Å². The monoisotopic (exact) mass is 251 g/mol. The van der Waals surface area contributed by atoms with Crippen LogP contribution in [0.3, 0.4) is 0 Å². The van der Waals surface area contributed by atoms with Gasteiger partial charge in [-0.05, 0) is 18.1 Å². The number of amides is 1. The molecule has 0 saturated carbocycles.